The number of rotatable bonds is 3. The summed E-state index contributed by atoms with van der Waals surface area (Å²) < 4.78 is 8.58. The maximum atomic E-state index is 13.2. The number of carbonyl (C=O) groups is 2. The van der Waals surface area contributed by atoms with Crippen LogP contribution in [0.1, 0.15) is 38.4 Å². The quantitative estimate of drug-likeness (QED) is 0.760. The minimum atomic E-state index is -0.572. The number of ether oxygens (including phenoxy) is 1. The number of amides is 2. The van der Waals surface area contributed by atoms with E-state index in [9.17, 15) is 9.59 Å². The van der Waals surface area contributed by atoms with Crippen LogP contribution in [0, 0.1) is 0 Å². The lowest BCUT2D eigenvalue weighted by Gasteiger charge is -2.46. The van der Waals surface area contributed by atoms with E-state index in [0.29, 0.717) is 38.9 Å². The Hall–Kier alpha value is -1.93. The molecule has 0 unspecified atom stereocenters. The molecule has 0 bridgehead atoms. The van der Waals surface area contributed by atoms with Gasteiger partial charge in [0.05, 0.1) is 6.54 Å². The number of carbonyl (C=O) groups excluding carboxylic acids is 2. The molecule has 0 radical (unpaired) electrons. The van der Waals surface area contributed by atoms with Gasteiger partial charge in [-0.1, -0.05) is 6.92 Å². The van der Waals surface area contributed by atoms with Crippen molar-refractivity contribution >= 4 is 11.8 Å². The van der Waals surface area contributed by atoms with E-state index in [4.69, 9.17) is 4.74 Å². The van der Waals surface area contributed by atoms with Gasteiger partial charge in [-0.3, -0.25) is 9.59 Å². The zero-order valence-corrected chi connectivity index (χ0v) is 17.0. The smallest absolute Gasteiger partial charge is 0.253 e. The number of piperidine rings is 1. The van der Waals surface area contributed by atoms with Crippen LogP contribution in [0.5, 0.6) is 0 Å². The van der Waals surface area contributed by atoms with Crippen molar-refractivity contribution in [3.05, 3.63) is 18.2 Å². The topological polar surface area (TPSA) is 70.9 Å². The summed E-state index contributed by atoms with van der Waals surface area (Å²) in [6.07, 6.45) is 6.08. The zero-order valence-electron chi connectivity index (χ0n) is 17.0. The van der Waals surface area contributed by atoms with E-state index in [1.807, 2.05) is 22.9 Å². The average molecular weight is 390 g/mol. The van der Waals surface area contributed by atoms with Crippen LogP contribution >= 0.6 is 0 Å². The van der Waals surface area contributed by atoms with Crippen LogP contribution in [0.3, 0.4) is 0 Å². The van der Waals surface area contributed by atoms with Crippen LogP contribution in [-0.2, 0) is 26.5 Å². The van der Waals surface area contributed by atoms with Gasteiger partial charge in [-0.05, 0) is 13.5 Å². The Balaban J connectivity index is 1.49. The zero-order chi connectivity index (χ0) is 19.7. The standard InChI is InChI=1S/C20H31N5O3/c1-3-4-17(26)23-8-5-20(6-9-23)19-21-7-10-25(19)15-16(28-20)18(27)24-13-11-22(2)12-14-24/h7,10,16H,3-6,8-9,11-15H2,1-2H3/t16-/m1/s1. The Bertz CT molecular complexity index is 717. The van der Waals surface area contributed by atoms with Crippen LogP contribution < -0.4 is 0 Å². The highest BCUT2D eigenvalue weighted by Crippen LogP contribution is 2.40. The van der Waals surface area contributed by atoms with Gasteiger partial charge >= 0.3 is 0 Å². The van der Waals surface area contributed by atoms with Gasteiger partial charge in [0, 0.05) is 70.9 Å². The molecule has 154 valence electrons. The van der Waals surface area contributed by atoms with Crippen molar-refractivity contribution in [2.75, 3.05) is 46.3 Å². The van der Waals surface area contributed by atoms with Crippen LogP contribution in [0.25, 0.3) is 0 Å². The van der Waals surface area contributed by atoms with E-state index in [2.05, 4.69) is 21.5 Å². The molecule has 1 aromatic heterocycles. The highest BCUT2D eigenvalue weighted by molar-refractivity contribution is 5.81. The third-order valence-corrected chi connectivity index (χ3v) is 6.33. The maximum absolute atomic E-state index is 13.2. The van der Waals surface area contributed by atoms with Gasteiger partial charge in [-0.25, -0.2) is 4.98 Å². The molecule has 3 aliphatic heterocycles. The molecule has 2 amide bonds. The second kappa shape index (κ2) is 7.83. The highest BCUT2D eigenvalue weighted by atomic mass is 16.5. The fraction of sp³-hybridized carbons (Fsp3) is 0.750. The van der Waals surface area contributed by atoms with E-state index >= 15 is 0 Å². The van der Waals surface area contributed by atoms with Crippen LogP contribution in [0.15, 0.2) is 12.4 Å². The van der Waals surface area contributed by atoms with Gasteiger partial charge in [0.15, 0.2) is 6.10 Å². The molecule has 8 heteroatoms. The Morgan fingerprint density at radius 1 is 1.14 bits per heavy atom. The number of nitrogens with zero attached hydrogens (tertiary/aromatic N) is 5. The molecule has 0 N–H and O–H groups in total. The summed E-state index contributed by atoms with van der Waals surface area (Å²) in [6.45, 7) is 7.14. The van der Waals surface area contributed by atoms with Crippen molar-refractivity contribution in [1.29, 1.82) is 0 Å². The lowest BCUT2D eigenvalue weighted by molar-refractivity contribution is -0.183. The number of piperazine rings is 1. The van der Waals surface area contributed by atoms with Crippen LogP contribution in [-0.4, -0.2) is 88.5 Å². The summed E-state index contributed by atoms with van der Waals surface area (Å²) in [5, 5.41) is 0. The molecule has 1 atom stereocenters. The third kappa shape index (κ3) is 3.55. The first-order valence-corrected chi connectivity index (χ1v) is 10.5. The SMILES string of the molecule is CCCC(=O)N1CCC2(CC1)O[C@@H](C(=O)N1CCN(C)CC1)Cn1ccnc12. The molecule has 8 nitrogen and oxygen atoms in total. The van der Waals surface area contributed by atoms with Gasteiger partial charge in [-0.2, -0.15) is 0 Å². The molecular formula is C20H31N5O3. The van der Waals surface area contributed by atoms with Crippen molar-refractivity contribution in [1.82, 2.24) is 24.3 Å². The average Bonchev–Trinajstić information content (AvgIpc) is 3.18. The second-order valence-electron chi connectivity index (χ2n) is 8.26. The largest absolute Gasteiger partial charge is 0.352 e. The summed E-state index contributed by atoms with van der Waals surface area (Å²) in [5.74, 6) is 1.19. The Morgan fingerprint density at radius 3 is 2.54 bits per heavy atom. The molecule has 2 fully saturated rings. The predicted octanol–water partition coefficient (Wildman–Crippen LogP) is 0.674. The second-order valence-corrected chi connectivity index (χ2v) is 8.26. The third-order valence-electron chi connectivity index (χ3n) is 6.33. The van der Waals surface area contributed by atoms with E-state index in [1.54, 1.807) is 6.20 Å². The number of likely N-dealkylation sites (tertiary alicyclic amines) is 1. The Kier molecular flexibility index (Phi) is 5.42. The highest BCUT2D eigenvalue weighted by Gasteiger charge is 2.48. The number of hydrogen-bond donors (Lipinski definition) is 0. The minimum absolute atomic E-state index is 0.0799. The van der Waals surface area contributed by atoms with E-state index in [1.165, 1.54) is 0 Å². The first-order valence-electron chi connectivity index (χ1n) is 10.5. The number of imidazole rings is 1. The van der Waals surface area contributed by atoms with Gasteiger partial charge in [0.25, 0.3) is 5.91 Å². The monoisotopic (exact) mass is 389 g/mol. The molecule has 3 aliphatic rings. The number of fused-ring (bicyclic) bond motifs is 2. The van der Waals surface area contributed by atoms with Crippen LogP contribution in [0.2, 0.25) is 0 Å². The first-order chi connectivity index (χ1) is 13.5. The Labute approximate surface area is 166 Å². The van der Waals surface area contributed by atoms with Crippen molar-refractivity contribution in [3.8, 4) is 0 Å². The molecule has 0 aromatic carbocycles. The summed E-state index contributed by atoms with van der Waals surface area (Å²) in [5.41, 5.74) is -0.572. The molecule has 2 saturated heterocycles. The number of likely N-dealkylation sites (N-methyl/N-ethyl adjacent to an activating group) is 1. The molecule has 28 heavy (non-hydrogen) atoms. The lowest BCUT2D eigenvalue weighted by atomic mass is 9.88. The summed E-state index contributed by atoms with van der Waals surface area (Å²) in [7, 11) is 2.08. The van der Waals surface area contributed by atoms with E-state index < -0.39 is 11.7 Å². The number of aromatic nitrogens is 2. The van der Waals surface area contributed by atoms with Gasteiger partial charge in [-0.15, -0.1) is 0 Å². The number of hydrogen-bond acceptors (Lipinski definition) is 5. The fourth-order valence-corrected chi connectivity index (χ4v) is 4.59. The summed E-state index contributed by atoms with van der Waals surface area (Å²) in [4.78, 5) is 36.1. The molecule has 0 saturated carbocycles. The molecule has 4 heterocycles. The van der Waals surface area contributed by atoms with Crippen molar-refractivity contribution < 1.29 is 14.3 Å². The van der Waals surface area contributed by atoms with Gasteiger partial charge in [0.2, 0.25) is 5.91 Å². The minimum Gasteiger partial charge on any atom is -0.352 e. The van der Waals surface area contributed by atoms with Crippen LogP contribution in [0.4, 0.5) is 0 Å². The predicted molar refractivity (Wildman–Crippen MR) is 104 cm³/mol. The van der Waals surface area contributed by atoms with Crippen molar-refractivity contribution in [3.63, 3.8) is 0 Å². The van der Waals surface area contributed by atoms with Crippen molar-refractivity contribution in [2.45, 2.75) is 50.9 Å². The van der Waals surface area contributed by atoms with Gasteiger partial charge in [0.1, 0.15) is 11.4 Å². The summed E-state index contributed by atoms with van der Waals surface area (Å²) >= 11 is 0. The normalized spacial score (nSPS) is 25.0. The lowest BCUT2D eigenvalue weighted by Crippen LogP contribution is -2.57. The van der Waals surface area contributed by atoms with Crippen molar-refractivity contribution in [2.24, 2.45) is 0 Å². The maximum Gasteiger partial charge on any atom is 0.253 e. The molecule has 1 spiro atoms. The van der Waals surface area contributed by atoms with Gasteiger partial charge < -0.3 is 24.0 Å². The first kappa shape index (κ1) is 19.4. The molecular weight excluding hydrogens is 358 g/mol. The Morgan fingerprint density at radius 2 is 1.86 bits per heavy atom. The van der Waals surface area contributed by atoms with E-state index in [-0.39, 0.29) is 11.8 Å². The fourth-order valence-electron chi connectivity index (χ4n) is 4.59. The molecule has 4 rings (SSSR count). The van der Waals surface area contributed by atoms with E-state index in [0.717, 1.165) is 38.4 Å². The summed E-state index contributed by atoms with van der Waals surface area (Å²) in [6, 6.07) is 0. The molecule has 1 aromatic rings. The molecule has 0 aliphatic carbocycles.